The minimum Gasteiger partial charge on any atom is -0.395 e. The van der Waals surface area contributed by atoms with Gasteiger partial charge in [0.15, 0.2) is 0 Å². The summed E-state index contributed by atoms with van der Waals surface area (Å²) < 4.78 is 0. The van der Waals surface area contributed by atoms with E-state index in [9.17, 15) is 0 Å². The first-order valence-corrected chi connectivity index (χ1v) is 11.3. The van der Waals surface area contributed by atoms with Crippen LogP contribution >= 0.6 is 0 Å². The molecular weight excluding hydrogens is 434 g/mol. The van der Waals surface area contributed by atoms with Gasteiger partial charge in [0.05, 0.1) is 51.9 Å². The van der Waals surface area contributed by atoms with Crippen molar-refractivity contribution < 1.29 is 35.7 Å². The maximum absolute atomic E-state index is 8.48. The number of nitrogens with two attached hydrogens (primary N) is 1. The van der Waals surface area contributed by atoms with Gasteiger partial charge in [0.25, 0.3) is 0 Å². The van der Waals surface area contributed by atoms with Crippen LogP contribution in [0.5, 0.6) is 0 Å². The topological polar surface area (TPSA) is 189 Å². The summed E-state index contributed by atoms with van der Waals surface area (Å²) in [6.45, 7) is 10.7. The van der Waals surface area contributed by atoms with E-state index in [1.54, 1.807) is 11.9 Å². The monoisotopic (exact) mass is 491 g/mol. The lowest BCUT2D eigenvalue weighted by Gasteiger charge is -2.20. The molecule has 0 heterocycles. The quantitative estimate of drug-likeness (QED) is 0.116. The predicted octanol–water partition coefficient (Wildman–Crippen LogP) is -3.39. The van der Waals surface area contributed by atoms with E-state index in [1.165, 1.54) is 19.6 Å². The van der Waals surface area contributed by atoms with Gasteiger partial charge in [-0.15, -0.1) is 0 Å². The highest BCUT2D eigenvalue weighted by Gasteiger charge is 2.20. The molecule has 0 spiro atoms. The Kier molecular flexibility index (Phi) is 46.7. The second-order valence-electron chi connectivity index (χ2n) is 7.32. The zero-order chi connectivity index (χ0) is 27.1. The lowest BCUT2D eigenvalue weighted by molar-refractivity contribution is 0.0697. The first-order valence-electron chi connectivity index (χ1n) is 11.3. The Hall–Kier alpha value is -0.480. The standard InChI is InChI=1S/C6H15NO3.C6H15N.C4H11NO3.C3H9N.C2H7NO/c8-4-1-7(2-5-9)3-6-10;1-4-7(5-2)6-3;5-4(1-6,2-7)3-8;1-4(2)3;1-3-2-4/h8-10H,1-6H2;4-6H2,1-3H3;6-8H,1-3,5H2;1-3H3;3-4H,2H2,1H3. The Labute approximate surface area is 202 Å². The largest absolute Gasteiger partial charge is 0.395 e. The molecule has 0 aromatic carbocycles. The molecule has 12 heteroatoms. The van der Waals surface area contributed by atoms with Gasteiger partial charge in [-0.25, -0.2) is 0 Å². The molecule has 0 rings (SSSR count). The van der Waals surface area contributed by atoms with Crippen molar-refractivity contribution in [2.75, 3.05) is 114 Å². The number of nitrogens with zero attached hydrogens (tertiary/aromatic N) is 3. The lowest BCUT2D eigenvalue weighted by Crippen LogP contribution is -2.50. The summed E-state index contributed by atoms with van der Waals surface area (Å²) in [7, 11) is 7.68. The molecule has 10 N–H and O–H groups in total. The molecule has 0 saturated carbocycles. The normalized spacial score (nSPS) is 10.4. The molecule has 0 bridgehead atoms. The summed E-state index contributed by atoms with van der Waals surface area (Å²) in [4.78, 5) is 6.17. The first kappa shape index (κ1) is 42.7. The molecule has 33 heavy (non-hydrogen) atoms. The smallest absolute Gasteiger partial charge is 0.0929 e. The van der Waals surface area contributed by atoms with Gasteiger partial charge in [0.1, 0.15) is 0 Å². The Balaban J connectivity index is -0.000000104. The van der Waals surface area contributed by atoms with Crippen molar-refractivity contribution in [3.8, 4) is 0 Å². The minimum atomic E-state index is -1.21. The summed E-state index contributed by atoms with van der Waals surface area (Å²) in [6, 6.07) is 0. The number of aliphatic hydroxyl groups is 7. The van der Waals surface area contributed by atoms with Crippen molar-refractivity contribution in [3.63, 3.8) is 0 Å². The van der Waals surface area contributed by atoms with Gasteiger partial charge in [0.2, 0.25) is 0 Å². The van der Waals surface area contributed by atoms with Crippen LogP contribution in [0.2, 0.25) is 0 Å². The van der Waals surface area contributed by atoms with Crippen molar-refractivity contribution in [2.24, 2.45) is 5.73 Å². The summed E-state index contributed by atoms with van der Waals surface area (Å²) in [5, 5.41) is 60.7. The van der Waals surface area contributed by atoms with Crippen molar-refractivity contribution >= 4 is 0 Å². The van der Waals surface area contributed by atoms with E-state index in [0.29, 0.717) is 19.6 Å². The van der Waals surface area contributed by atoms with Gasteiger partial charge < -0.3 is 51.3 Å². The summed E-state index contributed by atoms with van der Waals surface area (Å²) >= 11 is 0. The third kappa shape index (κ3) is 45.7. The van der Waals surface area contributed by atoms with Crippen LogP contribution in [0, 0.1) is 0 Å². The fourth-order valence-electron chi connectivity index (χ4n) is 1.58. The number of hydrogen-bond acceptors (Lipinski definition) is 12. The average Bonchev–Trinajstić information content (AvgIpc) is 2.81. The Morgan fingerprint density at radius 2 is 0.879 bits per heavy atom. The van der Waals surface area contributed by atoms with E-state index in [0.717, 1.165) is 0 Å². The SMILES string of the molecule is CCN(CC)CC.CN(C)C.CNCO.NC(CO)(CO)CO.OCCN(CCO)CCO. The van der Waals surface area contributed by atoms with Crippen molar-refractivity contribution in [2.45, 2.75) is 26.3 Å². The Morgan fingerprint density at radius 1 is 0.636 bits per heavy atom. The molecule has 0 aliphatic carbocycles. The first-order chi connectivity index (χ1) is 15.5. The van der Waals surface area contributed by atoms with Gasteiger partial charge >= 0.3 is 0 Å². The second-order valence-corrected chi connectivity index (χ2v) is 7.32. The van der Waals surface area contributed by atoms with E-state index in [2.05, 4.69) is 31.0 Å². The molecule has 0 saturated heterocycles. The van der Waals surface area contributed by atoms with Gasteiger partial charge in [-0.1, -0.05) is 20.8 Å². The molecule has 0 radical (unpaired) electrons. The van der Waals surface area contributed by atoms with Gasteiger partial charge in [-0.05, 0) is 47.8 Å². The third-order valence-corrected chi connectivity index (χ3v) is 3.69. The van der Waals surface area contributed by atoms with E-state index >= 15 is 0 Å². The highest BCUT2D eigenvalue weighted by Crippen LogP contribution is 1.93. The third-order valence-electron chi connectivity index (χ3n) is 3.69. The Morgan fingerprint density at radius 3 is 0.939 bits per heavy atom. The lowest BCUT2D eigenvalue weighted by atomic mass is 10.1. The molecule has 208 valence electrons. The van der Waals surface area contributed by atoms with Crippen molar-refractivity contribution in [3.05, 3.63) is 0 Å². The highest BCUT2D eigenvalue weighted by atomic mass is 16.3. The summed E-state index contributed by atoms with van der Waals surface area (Å²) in [5.74, 6) is 0. The molecule has 0 unspecified atom stereocenters. The fourth-order valence-corrected chi connectivity index (χ4v) is 1.58. The molecule has 12 nitrogen and oxygen atoms in total. The summed E-state index contributed by atoms with van der Waals surface area (Å²) in [5.41, 5.74) is 3.94. The van der Waals surface area contributed by atoms with Crippen LogP contribution in [0.3, 0.4) is 0 Å². The Bertz CT molecular complexity index is 280. The zero-order valence-electron chi connectivity index (χ0n) is 22.2. The maximum atomic E-state index is 8.48. The summed E-state index contributed by atoms with van der Waals surface area (Å²) in [6.07, 6.45) is 0. The number of rotatable bonds is 13. The van der Waals surface area contributed by atoms with Crippen molar-refractivity contribution in [1.29, 1.82) is 0 Å². The van der Waals surface area contributed by atoms with Gasteiger partial charge in [0, 0.05) is 19.6 Å². The zero-order valence-corrected chi connectivity index (χ0v) is 22.2. The fraction of sp³-hybridized carbons (Fsp3) is 1.00. The van der Waals surface area contributed by atoms with Crippen LogP contribution in [0.4, 0.5) is 0 Å². The number of nitrogens with one attached hydrogen (secondary N) is 1. The molecule has 0 amide bonds. The van der Waals surface area contributed by atoms with Crippen LogP contribution < -0.4 is 11.1 Å². The molecule has 0 aliphatic heterocycles. The molecule has 0 aliphatic rings. The van der Waals surface area contributed by atoms with E-state index in [-0.39, 0.29) is 26.6 Å². The van der Waals surface area contributed by atoms with Crippen LogP contribution in [0.15, 0.2) is 0 Å². The highest BCUT2D eigenvalue weighted by molar-refractivity contribution is 4.80. The molecular formula is C21H57N5O7. The van der Waals surface area contributed by atoms with E-state index in [1.807, 2.05) is 26.0 Å². The molecule has 0 aromatic rings. The number of hydrogen-bond donors (Lipinski definition) is 9. The number of aliphatic hydroxyl groups excluding tert-OH is 7. The van der Waals surface area contributed by atoms with Crippen LogP contribution in [0.25, 0.3) is 0 Å². The second kappa shape index (κ2) is 36.1. The van der Waals surface area contributed by atoms with Crippen LogP contribution in [-0.2, 0) is 0 Å². The molecule has 0 aromatic heterocycles. The van der Waals surface area contributed by atoms with Crippen LogP contribution in [-0.4, -0.2) is 170 Å². The van der Waals surface area contributed by atoms with Gasteiger partial charge in [-0.2, -0.15) is 0 Å². The van der Waals surface area contributed by atoms with E-state index in [4.69, 9.17) is 41.5 Å². The minimum absolute atomic E-state index is 0.0694. The van der Waals surface area contributed by atoms with Crippen molar-refractivity contribution in [1.82, 2.24) is 20.0 Å². The predicted molar refractivity (Wildman–Crippen MR) is 135 cm³/mol. The van der Waals surface area contributed by atoms with E-state index < -0.39 is 25.4 Å². The average molecular weight is 492 g/mol. The molecule has 0 fully saturated rings. The molecule has 0 atom stereocenters. The maximum Gasteiger partial charge on any atom is 0.0929 e. The van der Waals surface area contributed by atoms with Gasteiger partial charge in [-0.3, -0.25) is 10.2 Å². The van der Waals surface area contributed by atoms with Crippen LogP contribution in [0.1, 0.15) is 20.8 Å².